The third-order valence-corrected chi connectivity index (χ3v) is 3.40. The van der Waals surface area contributed by atoms with Crippen LogP contribution in [0.3, 0.4) is 0 Å². The minimum atomic E-state index is -0.412. The van der Waals surface area contributed by atoms with E-state index in [-0.39, 0.29) is 6.10 Å². The van der Waals surface area contributed by atoms with Crippen LogP contribution >= 0.6 is 0 Å². The number of esters is 1. The molecule has 0 aliphatic carbocycles. The molecule has 0 spiro atoms. The van der Waals surface area contributed by atoms with Crippen LogP contribution in [0.1, 0.15) is 23.2 Å². The topological polar surface area (TPSA) is 57.9 Å². The molecule has 1 aliphatic heterocycles. The summed E-state index contributed by atoms with van der Waals surface area (Å²) < 4.78 is 21.4. The summed E-state index contributed by atoms with van der Waals surface area (Å²) in [5.41, 5.74) is 1.02. The summed E-state index contributed by atoms with van der Waals surface area (Å²) in [5.74, 6) is 0.206. The lowest BCUT2D eigenvalue weighted by Crippen LogP contribution is -2.16. The number of carbonyl (C=O) groups is 1. The van der Waals surface area contributed by atoms with Crippen LogP contribution in [-0.4, -0.2) is 32.4 Å². The number of furan rings is 1. The monoisotopic (exact) mass is 276 g/mol. The number of benzene rings is 1. The van der Waals surface area contributed by atoms with Gasteiger partial charge in [-0.25, -0.2) is 4.79 Å². The summed E-state index contributed by atoms with van der Waals surface area (Å²) in [5, 5.41) is 0.843. The second-order valence-corrected chi connectivity index (χ2v) is 4.74. The second kappa shape index (κ2) is 5.54. The van der Waals surface area contributed by atoms with Crippen molar-refractivity contribution in [3.8, 4) is 5.75 Å². The Morgan fingerprint density at radius 2 is 2.35 bits per heavy atom. The van der Waals surface area contributed by atoms with Gasteiger partial charge in [-0.15, -0.1) is 0 Å². The molecule has 0 saturated carbocycles. The molecule has 5 nitrogen and oxygen atoms in total. The van der Waals surface area contributed by atoms with Gasteiger partial charge in [0.05, 0.1) is 30.4 Å². The predicted octanol–water partition coefficient (Wildman–Crippen LogP) is 2.78. The van der Waals surface area contributed by atoms with Gasteiger partial charge in [-0.3, -0.25) is 0 Å². The first kappa shape index (κ1) is 13.0. The minimum absolute atomic E-state index is 0.124. The van der Waals surface area contributed by atoms with Gasteiger partial charge in [-0.05, 0) is 31.0 Å². The number of ether oxygens (including phenoxy) is 3. The van der Waals surface area contributed by atoms with Crippen LogP contribution < -0.4 is 4.74 Å². The molecule has 0 N–H and O–H groups in total. The molecule has 0 unspecified atom stereocenters. The summed E-state index contributed by atoms with van der Waals surface area (Å²) in [7, 11) is 1.35. The summed E-state index contributed by atoms with van der Waals surface area (Å²) in [6, 6.07) is 5.15. The molecule has 5 heteroatoms. The number of fused-ring (bicyclic) bond motifs is 1. The van der Waals surface area contributed by atoms with Crippen molar-refractivity contribution in [1.29, 1.82) is 0 Å². The van der Waals surface area contributed by atoms with Crippen LogP contribution in [0.2, 0.25) is 0 Å². The Morgan fingerprint density at radius 3 is 3.10 bits per heavy atom. The molecule has 0 amide bonds. The summed E-state index contributed by atoms with van der Waals surface area (Å²) in [4.78, 5) is 11.6. The fourth-order valence-corrected chi connectivity index (χ4v) is 2.35. The number of hydrogen-bond acceptors (Lipinski definition) is 5. The molecule has 106 valence electrons. The van der Waals surface area contributed by atoms with E-state index in [1.165, 1.54) is 7.11 Å². The van der Waals surface area contributed by atoms with Gasteiger partial charge in [0.15, 0.2) is 0 Å². The first-order valence-electron chi connectivity index (χ1n) is 6.62. The smallest absolute Gasteiger partial charge is 0.338 e. The Hall–Kier alpha value is -2.01. The molecule has 20 heavy (non-hydrogen) atoms. The summed E-state index contributed by atoms with van der Waals surface area (Å²) in [6.45, 7) is 1.27. The van der Waals surface area contributed by atoms with E-state index in [2.05, 4.69) is 0 Å². The van der Waals surface area contributed by atoms with Crippen LogP contribution in [0.4, 0.5) is 0 Å². The van der Waals surface area contributed by atoms with Crippen LogP contribution in [0.5, 0.6) is 5.75 Å². The fourth-order valence-electron chi connectivity index (χ4n) is 2.35. The standard InChI is InChI=1S/C15H16O5/c1-17-15(16)10-7-13-12(4-6-19-13)14(8-10)20-9-11-3-2-5-18-11/h4,6-8,11H,2-3,5,9H2,1H3/t11-/m0/s1. The molecule has 1 atom stereocenters. The van der Waals surface area contributed by atoms with E-state index in [0.29, 0.717) is 23.5 Å². The minimum Gasteiger partial charge on any atom is -0.490 e. The van der Waals surface area contributed by atoms with E-state index in [1.54, 1.807) is 18.4 Å². The molecule has 1 fully saturated rings. The van der Waals surface area contributed by atoms with Crippen molar-refractivity contribution in [2.75, 3.05) is 20.3 Å². The highest BCUT2D eigenvalue weighted by Gasteiger charge is 2.18. The van der Waals surface area contributed by atoms with Crippen molar-refractivity contribution in [2.45, 2.75) is 18.9 Å². The van der Waals surface area contributed by atoms with Crippen molar-refractivity contribution in [3.05, 3.63) is 30.0 Å². The van der Waals surface area contributed by atoms with Gasteiger partial charge in [-0.1, -0.05) is 0 Å². The Morgan fingerprint density at radius 1 is 1.45 bits per heavy atom. The molecule has 1 aromatic carbocycles. The van der Waals surface area contributed by atoms with E-state index in [4.69, 9.17) is 18.6 Å². The first-order valence-corrected chi connectivity index (χ1v) is 6.62. The van der Waals surface area contributed by atoms with Crippen LogP contribution in [0.25, 0.3) is 11.0 Å². The molecule has 1 saturated heterocycles. The summed E-state index contributed by atoms with van der Waals surface area (Å²) in [6.07, 6.45) is 3.77. The number of methoxy groups -OCH3 is 1. The first-order chi connectivity index (χ1) is 9.78. The normalized spacial score (nSPS) is 18.4. The zero-order valence-corrected chi connectivity index (χ0v) is 11.3. The van der Waals surface area contributed by atoms with Gasteiger partial charge in [-0.2, -0.15) is 0 Å². The number of hydrogen-bond donors (Lipinski definition) is 0. The Kier molecular flexibility index (Phi) is 3.60. The van der Waals surface area contributed by atoms with Crippen LogP contribution in [-0.2, 0) is 9.47 Å². The lowest BCUT2D eigenvalue weighted by atomic mass is 10.1. The van der Waals surface area contributed by atoms with Gasteiger partial charge in [0.1, 0.15) is 17.9 Å². The van der Waals surface area contributed by atoms with E-state index in [1.807, 2.05) is 6.07 Å². The average molecular weight is 276 g/mol. The van der Waals surface area contributed by atoms with E-state index in [9.17, 15) is 4.79 Å². The summed E-state index contributed by atoms with van der Waals surface area (Å²) >= 11 is 0. The van der Waals surface area contributed by atoms with Crippen LogP contribution in [0, 0.1) is 0 Å². The Labute approximate surface area is 116 Å². The maximum atomic E-state index is 11.6. The number of carbonyl (C=O) groups excluding carboxylic acids is 1. The van der Waals surface area contributed by atoms with Gasteiger partial charge in [0.2, 0.25) is 0 Å². The van der Waals surface area contributed by atoms with Crippen molar-refractivity contribution in [2.24, 2.45) is 0 Å². The molecule has 0 radical (unpaired) electrons. The molecule has 1 aliphatic rings. The lowest BCUT2D eigenvalue weighted by molar-refractivity contribution is 0.0598. The van der Waals surface area contributed by atoms with Gasteiger partial charge in [0, 0.05) is 6.61 Å². The lowest BCUT2D eigenvalue weighted by Gasteiger charge is -2.12. The highest BCUT2D eigenvalue weighted by molar-refractivity contribution is 5.96. The van der Waals surface area contributed by atoms with Crippen molar-refractivity contribution < 1.29 is 23.4 Å². The molecular weight excluding hydrogens is 260 g/mol. The largest absolute Gasteiger partial charge is 0.490 e. The Balaban J connectivity index is 1.86. The maximum Gasteiger partial charge on any atom is 0.338 e. The Bertz CT molecular complexity index is 610. The van der Waals surface area contributed by atoms with Crippen molar-refractivity contribution in [1.82, 2.24) is 0 Å². The zero-order chi connectivity index (χ0) is 13.9. The SMILES string of the molecule is COC(=O)c1cc(OC[C@@H]2CCCO2)c2ccoc2c1. The highest BCUT2D eigenvalue weighted by Crippen LogP contribution is 2.29. The van der Waals surface area contributed by atoms with E-state index < -0.39 is 5.97 Å². The molecule has 3 rings (SSSR count). The third-order valence-electron chi connectivity index (χ3n) is 3.40. The average Bonchev–Trinajstić information content (AvgIpc) is 3.14. The molecular formula is C15H16O5. The van der Waals surface area contributed by atoms with Crippen LogP contribution in [0.15, 0.2) is 28.9 Å². The predicted molar refractivity (Wildman–Crippen MR) is 72.0 cm³/mol. The number of rotatable bonds is 4. The van der Waals surface area contributed by atoms with Crippen molar-refractivity contribution in [3.63, 3.8) is 0 Å². The molecule has 2 aromatic rings. The quantitative estimate of drug-likeness (QED) is 0.804. The van der Waals surface area contributed by atoms with Gasteiger partial charge >= 0.3 is 5.97 Å². The fraction of sp³-hybridized carbons (Fsp3) is 0.400. The van der Waals surface area contributed by atoms with Gasteiger partial charge < -0.3 is 18.6 Å². The highest BCUT2D eigenvalue weighted by atomic mass is 16.5. The zero-order valence-electron chi connectivity index (χ0n) is 11.3. The maximum absolute atomic E-state index is 11.6. The third kappa shape index (κ3) is 2.49. The van der Waals surface area contributed by atoms with E-state index in [0.717, 1.165) is 24.8 Å². The molecule has 0 bridgehead atoms. The molecule has 1 aromatic heterocycles. The molecule has 2 heterocycles. The van der Waals surface area contributed by atoms with Crippen molar-refractivity contribution >= 4 is 16.9 Å². The van der Waals surface area contributed by atoms with Gasteiger partial charge in [0.25, 0.3) is 0 Å². The second-order valence-electron chi connectivity index (χ2n) is 4.74. The van der Waals surface area contributed by atoms with E-state index >= 15 is 0 Å².